The highest BCUT2D eigenvalue weighted by molar-refractivity contribution is 6.10. The molecule has 0 heterocycles. The van der Waals surface area contributed by atoms with Crippen LogP contribution in [0.2, 0.25) is 0 Å². The van der Waals surface area contributed by atoms with Crippen molar-refractivity contribution in [3.05, 3.63) is 64.7 Å². The predicted molar refractivity (Wildman–Crippen MR) is 87.2 cm³/mol. The van der Waals surface area contributed by atoms with E-state index >= 15 is 0 Å². The van der Waals surface area contributed by atoms with E-state index in [-0.39, 0.29) is 11.4 Å². The van der Waals surface area contributed by atoms with E-state index in [1.165, 1.54) is 25.1 Å². The summed E-state index contributed by atoms with van der Waals surface area (Å²) in [6.45, 7) is 1.20. The van der Waals surface area contributed by atoms with Crippen molar-refractivity contribution in [3.63, 3.8) is 0 Å². The van der Waals surface area contributed by atoms with Crippen molar-refractivity contribution in [2.75, 3.05) is 5.32 Å². The number of nitrogens with zero attached hydrogens (tertiary/aromatic N) is 3. The number of carbonyl (C=O) groups excluding carboxylic acids is 2. The first kappa shape index (κ1) is 16.9. The van der Waals surface area contributed by atoms with E-state index in [9.17, 15) is 19.7 Å². The zero-order valence-corrected chi connectivity index (χ0v) is 12.7. The number of nitrogens with one attached hydrogen (secondary N) is 1. The number of amides is 1. The number of hydrogen-bond donors (Lipinski definition) is 1. The molecule has 0 spiro atoms. The summed E-state index contributed by atoms with van der Waals surface area (Å²) in [5.74, 6) is -1.18. The molecular weight excluding hydrogens is 312 g/mol. The van der Waals surface area contributed by atoms with Crippen molar-refractivity contribution in [1.29, 1.82) is 0 Å². The highest BCUT2D eigenvalue weighted by Crippen LogP contribution is 2.26. The molecule has 2 aromatic rings. The molecule has 24 heavy (non-hydrogen) atoms. The third kappa shape index (κ3) is 4.29. The van der Waals surface area contributed by atoms with Crippen LogP contribution in [-0.4, -0.2) is 22.7 Å². The van der Waals surface area contributed by atoms with Gasteiger partial charge in [0.1, 0.15) is 0 Å². The molecule has 2 rings (SSSR count). The molecule has 0 fully saturated rings. The standard InChI is InChI=1S/C16H14N4O4/c1-11(21)15(16(22)17-12-7-3-2-4-8-12)19-18-13-9-5-6-10-14(13)20(23)24/h2-10,15H,1H3,(H,17,22). The molecule has 0 saturated carbocycles. The first-order valence-electron chi connectivity index (χ1n) is 6.99. The second-order valence-electron chi connectivity index (χ2n) is 4.83. The van der Waals surface area contributed by atoms with Crippen LogP contribution < -0.4 is 5.32 Å². The fourth-order valence-corrected chi connectivity index (χ4v) is 1.87. The number of carbonyl (C=O) groups is 2. The van der Waals surface area contributed by atoms with Crippen molar-refractivity contribution < 1.29 is 14.5 Å². The molecule has 0 radical (unpaired) electrons. The van der Waals surface area contributed by atoms with Gasteiger partial charge >= 0.3 is 0 Å². The van der Waals surface area contributed by atoms with E-state index in [1.807, 2.05) is 0 Å². The summed E-state index contributed by atoms with van der Waals surface area (Å²) < 4.78 is 0. The van der Waals surface area contributed by atoms with Crippen LogP contribution in [0.15, 0.2) is 64.8 Å². The van der Waals surface area contributed by atoms with Gasteiger partial charge in [-0.25, -0.2) is 0 Å². The topological polar surface area (TPSA) is 114 Å². The zero-order chi connectivity index (χ0) is 17.5. The first-order valence-corrected chi connectivity index (χ1v) is 6.99. The normalized spacial score (nSPS) is 11.9. The van der Waals surface area contributed by atoms with Gasteiger partial charge in [-0.15, -0.1) is 5.11 Å². The van der Waals surface area contributed by atoms with E-state index in [4.69, 9.17) is 0 Å². The summed E-state index contributed by atoms with van der Waals surface area (Å²) in [5, 5.41) is 20.9. The Morgan fingerprint density at radius 3 is 2.33 bits per heavy atom. The van der Waals surface area contributed by atoms with Crippen molar-refractivity contribution in [2.45, 2.75) is 13.0 Å². The quantitative estimate of drug-likeness (QED) is 0.379. The van der Waals surface area contributed by atoms with Crippen LogP contribution in [-0.2, 0) is 9.59 Å². The number of para-hydroxylation sites is 2. The maximum atomic E-state index is 12.2. The van der Waals surface area contributed by atoms with Gasteiger partial charge in [0.15, 0.2) is 11.5 Å². The lowest BCUT2D eigenvalue weighted by atomic mass is 10.2. The number of nitro groups is 1. The van der Waals surface area contributed by atoms with E-state index < -0.39 is 22.7 Å². The second-order valence-corrected chi connectivity index (χ2v) is 4.83. The minimum absolute atomic E-state index is 0.0266. The van der Waals surface area contributed by atoms with E-state index in [2.05, 4.69) is 15.5 Å². The number of hydrogen-bond acceptors (Lipinski definition) is 6. The number of Topliss-reactive ketones (excluding diaryl/α,β-unsaturated/α-hetero) is 1. The van der Waals surface area contributed by atoms with Crippen LogP contribution in [0.25, 0.3) is 0 Å². The average Bonchev–Trinajstić information content (AvgIpc) is 2.56. The highest BCUT2D eigenvalue weighted by atomic mass is 16.6. The summed E-state index contributed by atoms with van der Waals surface area (Å²) in [5.41, 5.74) is 0.225. The molecule has 8 heteroatoms. The molecule has 1 N–H and O–H groups in total. The third-order valence-electron chi connectivity index (χ3n) is 3.03. The van der Waals surface area contributed by atoms with Gasteiger partial charge in [0.2, 0.25) is 6.04 Å². The molecule has 0 aliphatic heterocycles. The molecule has 0 aromatic heterocycles. The van der Waals surface area contributed by atoms with Crippen molar-refractivity contribution in [3.8, 4) is 0 Å². The number of nitro benzene ring substituents is 1. The molecule has 0 bridgehead atoms. The summed E-state index contributed by atoms with van der Waals surface area (Å²) in [4.78, 5) is 34.2. The maximum absolute atomic E-state index is 12.2. The minimum Gasteiger partial charge on any atom is -0.324 e. The second kappa shape index (κ2) is 7.73. The monoisotopic (exact) mass is 326 g/mol. The Bertz CT molecular complexity index is 790. The third-order valence-corrected chi connectivity index (χ3v) is 3.03. The maximum Gasteiger partial charge on any atom is 0.296 e. The number of rotatable bonds is 6. The van der Waals surface area contributed by atoms with Gasteiger partial charge in [-0.1, -0.05) is 30.3 Å². The van der Waals surface area contributed by atoms with Crippen molar-refractivity contribution in [2.24, 2.45) is 10.2 Å². The van der Waals surface area contributed by atoms with Crippen LogP contribution in [0.3, 0.4) is 0 Å². The summed E-state index contributed by atoms with van der Waals surface area (Å²) >= 11 is 0. The number of azo groups is 1. The number of anilines is 1. The van der Waals surface area contributed by atoms with E-state index in [1.54, 1.807) is 36.4 Å². The molecule has 0 aliphatic rings. The van der Waals surface area contributed by atoms with Crippen LogP contribution in [0, 0.1) is 10.1 Å². The Balaban J connectivity index is 2.21. The lowest BCUT2D eigenvalue weighted by Gasteiger charge is -2.09. The van der Waals surface area contributed by atoms with E-state index in [0.29, 0.717) is 5.69 Å². The number of ketones is 1. The SMILES string of the molecule is CC(=O)C(N=Nc1ccccc1[N+](=O)[O-])C(=O)Nc1ccccc1. The molecule has 1 unspecified atom stereocenters. The number of benzene rings is 2. The van der Waals surface area contributed by atoms with Gasteiger partial charge in [-0.2, -0.15) is 5.11 Å². The van der Waals surface area contributed by atoms with Crippen LogP contribution in [0.4, 0.5) is 17.1 Å². The van der Waals surface area contributed by atoms with Gasteiger partial charge in [-0.3, -0.25) is 19.7 Å². The van der Waals surface area contributed by atoms with Gasteiger partial charge in [0.25, 0.3) is 11.6 Å². The largest absolute Gasteiger partial charge is 0.324 e. The van der Waals surface area contributed by atoms with Crippen molar-refractivity contribution in [1.82, 2.24) is 0 Å². The molecule has 0 saturated heterocycles. The molecule has 0 aliphatic carbocycles. The highest BCUT2D eigenvalue weighted by Gasteiger charge is 2.23. The lowest BCUT2D eigenvalue weighted by molar-refractivity contribution is -0.384. The summed E-state index contributed by atoms with van der Waals surface area (Å²) in [6.07, 6.45) is 0. The minimum atomic E-state index is -1.38. The molecule has 2 aromatic carbocycles. The Hall–Kier alpha value is -3.42. The smallest absolute Gasteiger partial charge is 0.296 e. The summed E-state index contributed by atoms with van der Waals surface area (Å²) in [6, 6.07) is 12.9. The van der Waals surface area contributed by atoms with Gasteiger partial charge in [0, 0.05) is 11.8 Å². The molecule has 122 valence electrons. The van der Waals surface area contributed by atoms with Crippen molar-refractivity contribution >= 4 is 28.8 Å². The van der Waals surface area contributed by atoms with Gasteiger partial charge < -0.3 is 5.32 Å². The Kier molecular flexibility index (Phi) is 5.45. The molecular formula is C16H14N4O4. The van der Waals surface area contributed by atoms with Crippen LogP contribution in [0.5, 0.6) is 0 Å². The molecule has 8 nitrogen and oxygen atoms in total. The average molecular weight is 326 g/mol. The zero-order valence-electron chi connectivity index (χ0n) is 12.7. The van der Waals surface area contributed by atoms with Gasteiger partial charge in [-0.05, 0) is 25.1 Å². The molecule has 1 amide bonds. The Morgan fingerprint density at radius 1 is 1.08 bits per heavy atom. The Labute approximate surface area is 137 Å². The first-order chi connectivity index (χ1) is 11.5. The fraction of sp³-hybridized carbons (Fsp3) is 0.125. The molecule has 1 atom stereocenters. The lowest BCUT2D eigenvalue weighted by Crippen LogP contribution is -2.31. The fourth-order valence-electron chi connectivity index (χ4n) is 1.87. The summed E-state index contributed by atoms with van der Waals surface area (Å²) in [7, 11) is 0. The predicted octanol–water partition coefficient (Wildman–Crippen LogP) is 3.27. The Morgan fingerprint density at radius 2 is 1.71 bits per heavy atom. The van der Waals surface area contributed by atoms with Gasteiger partial charge in [0.05, 0.1) is 4.92 Å². The van der Waals surface area contributed by atoms with Crippen LogP contribution >= 0.6 is 0 Å². The van der Waals surface area contributed by atoms with E-state index in [0.717, 1.165) is 0 Å². The van der Waals surface area contributed by atoms with Crippen LogP contribution in [0.1, 0.15) is 6.92 Å².